The number of aliphatic hydroxyl groups excluding tert-OH is 2. The molecule has 0 amide bonds. The molecule has 8 atom stereocenters. The maximum Gasteiger partial charge on any atom is 0.158 e. The molecular formula is C13H27N3O4. The van der Waals surface area contributed by atoms with Crippen LogP contribution in [0.4, 0.5) is 0 Å². The smallest absolute Gasteiger partial charge is 0.158 e. The second-order valence-corrected chi connectivity index (χ2v) is 6.04. The number of aliphatic hydroxyl groups is 2. The third-order valence-electron chi connectivity index (χ3n) is 4.24. The molecule has 1 heterocycles. The molecule has 7 nitrogen and oxygen atoms in total. The predicted molar refractivity (Wildman–Crippen MR) is 73.6 cm³/mol. The zero-order chi connectivity index (χ0) is 14.9. The third-order valence-corrected chi connectivity index (χ3v) is 4.24. The monoisotopic (exact) mass is 289 g/mol. The molecule has 2 fully saturated rings. The molecule has 0 aromatic heterocycles. The summed E-state index contributed by atoms with van der Waals surface area (Å²) < 4.78 is 11.6. The maximum atomic E-state index is 10.1. The molecule has 7 heteroatoms. The Morgan fingerprint density at radius 2 is 1.85 bits per heavy atom. The molecule has 8 unspecified atom stereocenters. The predicted octanol–water partition coefficient (Wildman–Crippen LogP) is -1.61. The first-order valence-electron chi connectivity index (χ1n) is 7.34. The van der Waals surface area contributed by atoms with Crippen molar-refractivity contribution in [3.8, 4) is 0 Å². The SMILES string of the molecule is CC(N)C1CCCC(OC2C(N)CC(N)C(O)C2O)O1. The van der Waals surface area contributed by atoms with Crippen LogP contribution < -0.4 is 17.2 Å². The van der Waals surface area contributed by atoms with Crippen LogP contribution in [0.25, 0.3) is 0 Å². The van der Waals surface area contributed by atoms with E-state index >= 15 is 0 Å². The summed E-state index contributed by atoms with van der Waals surface area (Å²) in [6.45, 7) is 1.90. The number of hydrogen-bond acceptors (Lipinski definition) is 7. The summed E-state index contributed by atoms with van der Waals surface area (Å²) in [4.78, 5) is 0. The average Bonchev–Trinajstić information content (AvgIpc) is 2.41. The van der Waals surface area contributed by atoms with E-state index in [0.29, 0.717) is 6.42 Å². The minimum atomic E-state index is -1.09. The zero-order valence-electron chi connectivity index (χ0n) is 11.9. The van der Waals surface area contributed by atoms with E-state index in [2.05, 4.69) is 0 Å². The minimum absolute atomic E-state index is 0.0436. The fourth-order valence-electron chi connectivity index (χ4n) is 2.95. The molecule has 20 heavy (non-hydrogen) atoms. The fraction of sp³-hybridized carbons (Fsp3) is 1.00. The van der Waals surface area contributed by atoms with Gasteiger partial charge in [-0.15, -0.1) is 0 Å². The van der Waals surface area contributed by atoms with Crippen LogP contribution in [0.3, 0.4) is 0 Å². The van der Waals surface area contributed by atoms with Crippen LogP contribution in [0, 0.1) is 0 Å². The first kappa shape index (κ1) is 16.1. The lowest BCUT2D eigenvalue weighted by Gasteiger charge is -2.42. The number of rotatable bonds is 3. The van der Waals surface area contributed by atoms with Crippen LogP contribution in [-0.4, -0.2) is 59.0 Å². The van der Waals surface area contributed by atoms with Crippen molar-refractivity contribution in [2.75, 3.05) is 0 Å². The number of ether oxygens (including phenoxy) is 2. The van der Waals surface area contributed by atoms with Crippen molar-refractivity contribution in [1.82, 2.24) is 0 Å². The Morgan fingerprint density at radius 3 is 2.50 bits per heavy atom. The Kier molecular flexibility index (Phi) is 5.36. The highest BCUT2D eigenvalue weighted by Crippen LogP contribution is 2.27. The second kappa shape index (κ2) is 6.65. The second-order valence-electron chi connectivity index (χ2n) is 6.04. The highest BCUT2D eigenvalue weighted by atomic mass is 16.7. The van der Waals surface area contributed by atoms with E-state index in [1.807, 2.05) is 6.92 Å². The molecule has 0 bridgehead atoms. The maximum absolute atomic E-state index is 10.1. The lowest BCUT2D eigenvalue weighted by molar-refractivity contribution is -0.249. The highest BCUT2D eigenvalue weighted by Gasteiger charge is 2.43. The van der Waals surface area contributed by atoms with E-state index < -0.39 is 36.7 Å². The summed E-state index contributed by atoms with van der Waals surface area (Å²) in [5.74, 6) is 0. The van der Waals surface area contributed by atoms with E-state index in [1.54, 1.807) is 0 Å². The van der Waals surface area contributed by atoms with Crippen molar-refractivity contribution in [3.05, 3.63) is 0 Å². The lowest BCUT2D eigenvalue weighted by atomic mass is 9.84. The van der Waals surface area contributed by atoms with Crippen molar-refractivity contribution in [2.24, 2.45) is 17.2 Å². The average molecular weight is 289 g/mol. The van der Waals surface area contributed by atoms with Gasteiger partial charge < -0.3 is 36.9 Å². The minimum Gasteiger partial charge on any atom is -0.389 e. The van der Waals surface area contributed by atoms with E-state index in [1.165, 1.54) is 0 Å². The Hall–Kier alpha value is -0.280. The van der Waals surface area contributed by atoms with Crippen molar-refractivity contribution in [1.29, 1.82) is 0 Å². The molecule has 118 valence electrons. The zero-order valence-corrected chi connectivity index (χ0v) is 11.9. The van der Waals surface area contributed by atoms with Gasteiger partial charge in [0, 0.05) is 18.1 Å². The Morgan fingerprint density at radius 1 is 1.15 bits per heavy atom. The normalized spacial score (nSPS) is 48.0. The topological polar surface area (TPSA) is 137 Å². The standard InChI is InChI=1S/C13H27N3O4/c1-6(14)9-3-2-4-10(19-9)20-13-8(16)5-7(15)11(17)12(13)18/h6-13,17-18H,2-5,14-16H2,1H3. The Bertz CT molecular complexity index is 318. The molecule has 1 saturated carbocycles. The van der Waals surface area contributed by atoms with Crippen LogP contribution in [0.5, 0.6) is 0 Å². The largest absolute Gasteiger partial charge is 0.389 e. The Balaban J connectivity index is 1.94. The van der Waals surface area contributed by atoms with E-state index in [0.717, 1.165) is 19.3 Å². The highest BCUT2D eigenvalue weighted by molar-refractivity contribution is 4.97. The van der Waals surface area contributed by atoms with Gasteiger partial charge >= 0.3 is 0 Å². The molecule has 8 N–H and O–H groups in total. The molecule has 0 aromatic rings. The number of hydrogen-bond donors (Lipinski definition) is 5. The van der Waals surface area contributed by atoms with Gasteiger partial charge in [-0.3, -0.25) is 0 Å². The summed E-state index contributed by atoms with van der Waals surface area (Å²) in [7, 11) is 0. The van der Waals surface area contributed by atoms with Gasteiger partial charge in [-0.05, 0) is 32.6 Å². The molecule has 1 aliphatic heterocycles. The molecule has 2 aliphatic rings. The molecule has 2 rings (SSSR count). The lowest BCUT2D eigenvalue weighted by Crippen LogP contribution is -2.62. The van der Waals surface area contributed by atoms with Crippen molar-refractivity contribution < 1.29 is 19.7 Å². The van der Waals surface area contributed by atoms with Gasteiger partial charge in [-0.25, -0.2) is 0 Å². The van der Waals surface area contributed by atoms with Crippen LogP contribution in [0.2, 0.25) is 0 Å². The molecule has 1 saturated heterocycles. The van der Waals surface area contributed by atoms with Gasteiger partial charge in [-0.2, -0.15) is 0 Å². The summed E-state index contributed by atoms with van der Waals surface area (Å²) in [5.41, 5.74) is 17.5. The summed E-state index contributed by atoms with van der Waals surface area (Å²) >= 11 is 0. The summed E-state index contributed by atoms with van der Waals surface area (Å²) in [5, 5.41) is 19.9. The Labute approximate surface area is 119 Å². The first-order chi connectivity index (χ1) is 9.40. The van der Waals surface area contributed by atoms with Crippen LogP contribution in [0.1, 0.15) is 32.6 Å². The van der Waals surface area contributed by atoms with Gasteiger partial charge in [0.1, 0.15) is 12.2 Å². The van der Waals surface area contributed by atoms with Gasteiger partial charge in [0.05, 0.1) is 12.2 Å². The molecule has 0 spiro atoms. The molecule has 1 aliphatic carbocycles. The van der Waals surface area contributed by atoms with Crippen LogP contribution in [-0.2, 0) is 9.47 Å². The van der Waals surface area contributed by atoms with Crippen LogP contribution >= 0.6 is 0 Å². The van der Waals surface area contributed by atoms with E-state index in [-0.39, 0.29) is 12.1 Å². The van der Waals surface area contributed by atoms with Crippen molar-refractivity contribution in [3.63, 3.8) is 0 Å². The third kappa shape index (κ3) is 3.48. The van der Waals surface area contributed by atoms with Crippen molar-refractivity contribution >= 4 is 0 Å². The van der Waals surface area contributed by atoms with E-state index in [4.69, 9.17) is 26.7 Å². The van der Waals surface area contributed by atoms with E-state index in [9.17, 15) is 10.2 Å². The fourth-order valence-corrected chi connectivity index (χ4v) is 2.95. The summed E-state index contributed by atoms with van der Waals surface area (Å²) in [6.07, 6.45) is -0.248. The van der Waals surface area contributed by atoms with Gasteiger partial charge in [0.15, 0.2) is 6.29 Å². The van der Waals surface area contributed by atoms with Crippen molar-refractivity contribution in [2.45, 2.75) is 81.4 Å². The van der Waals surface area contributed by atoms with Gasteiger partial charge in [0.25, 0.3) is 0 Å². The first-order valence-corrected chi connectivity index (χ1v) is 7.34. The van der Waals surface area contributed by atoms with Gasteiger partial charge in [0.2, 0.25) is 0 Å². The van der Waals surface area contributed by atoms with Crippen LogP contribution in [0.15, 0.2) is 0 Å². The van der Waals surface area contributed by atoms with Gasteiger partial charge in [-0.1, -0.05) is 0 Å². The summed E-state index contributed by atoms with van der Waals surface area (Å²) in [6, 6.07) is -1.00. The molecular weight excluding hydrogens is 262 g/mol. The molecule has 0 aromatic carbocycles. The molecule has 0 radical (unpaired) electrons. The quantitative estimate of drug-likeness (QED) is 0.421. The number of nitrogens with two attached hydrogens (primary N) is 3.